The third-order valence-electron chi connectivity index (χ3n) is 4.86. The summed E-state index contributed by atoms with van der Waals surface area (Å²) < 4.78 is 7.52. The largest absolute Gasteiger partial charge is 0.496 e. The standard InChI is InChI=1S/C19H27N5O2/c1-14-20-21-18-13-24(16(11-22(2)3)12-23(14)18)19(25)10-9-15-7-5-6-8-17(15)26-4/h5-8,16H,9-13H2,1-4H3. The van der Waals surface area contributed by atoms with Crippen LogP contribution in [0.5, 0.6) is 5.75 Å². The van der Waals surface area contributed by atoms with E-state index in [1.54, 1.807) is 7.11 Å². The van der Waals surface area contributed by atoms with Gasteiger partial charge in [0, 0.05) is 19.5 Å². The van der Waals surface area contributed by atoms with Crippen LogP contribution in [0, 0.1) is 6.92 Å². The van der Waals surface area contributed by atoms with Crippen molar-refractivity contribution in [3.63, 3.8) is 0 Å². The van der Waals surface area contributed by atoms with E-state index in [2.05, 4.69) is 19.7 Å². The monoisotopic (exact) mass is 357 g/mol. The summed E-state index contributed by atoms with van der Waals surface area (Å²) in [4.78, 5) is 17.1. The Hall–Kier alpha value is -2.41. The van der Waals surface area contributed by atoms with Crippen LogP contribution in [0.3, 0.4) is 0 Å². The lowest BCUT2D eigenvalue weighted by Crippen LogP contribution is -2.51. The van der Waals surface area contributed by atoms with Crippen molar-refractivity contribution in [1.82, 2.24) is 24.6 Å². The van der Waals surface area contributed by atoms with Crippen LogP contribution >= 0.6 is 0 Å². The Kier molecular flexibility index (Phi) is 5.56. The normalized spacial score (nSPS) is 16.7. The highest BCUT2D eigenvalue weighted by molar-refractivity contribution is 5.77. The molecule has 3 rings (SSSR count). The van der Waals surface area contributed by atoms with Crippen molar-refractivity contribution in [2.75, 3.05) is 27.7 Å². The van der Waals surface area contributed by atoms with E-state index < -0.39 is 0 Å². The zero-order valence-corrected chi connectivity index (χ0v) is 16.0. The Morgan fingerprint density at radius 1 is 1.31 bits per heavy atom. The van der Waals surface area contributed by atoms with E-state index in [1.165, 1.54) is 0 Å². The maximum atomic E-state index is 13.0. The molecule has 140 valence electrons. The first kappa shape index (κ1) is 18.4. The minimum Gasteiger partial charge on any atom is -0.496 e. The van der Waals surface area contributed by atoms with Gasteiger partial charge in [-0.05, 0) is 39.1 Å². The second kappa shape index (κ2) is 7.86. The van der Waals surface area contributed by atoms with Crippen LogP contribution in [0.4, 0.5) is 0 Å². The van der Waals surface area contributed by atoms with Crippen LogP contribution in [-0.2, 0) is 24.3 Å². The fraction of sp³-hybridized carbons (Fsp3) is 0.526. The van der Waals surface area contributed by atoms with Crippen LogP contribution in [-0.4, -0.2) is 64.3 Å². The highest BCUT2D eigenvalue weighted by atomic mass is 16.5. The summed E-state index contributed by atoms with van der Waals surface area (Å²) in [5.74, 6) is 2.75. The third kappa shape index (κ3) is 3.88. The summed E-state index contributed by atoms with van der Waals surface area (Å²) in [6.45, 7) is 4.04. The predicted octanol–water partition coefficient (Wildman–Crippen LogP) is 1.50. The van der Waals surface area contributed by atoms with Gasteiger partial charge in [-0.3, -0.25) is 4.79 Å². The lowest BCUT2D eigenvalue weighted by molar-refractivity contribution is -0.136. The average molecular weight is 357 g/mol. The molecule has 2 aromatic rings. The molecule has 0 N–H and O–H groups in total. The number of aromatic nitrogens is 3. The molecule has 1 atom stereocenters. The van der Waals surface area contributed by atoms with Crippen molar-refractivity contribution in [3.05, 3.63) is 41.5 Å². The van der Waals surface area contributed by atoms with Gasteiger partial charge in [0.15, 0.2) is 5.82 Å². The summed E-state index contributed by atoms with van der Waals surface area (Å²) in [7, 11) is 5.73. The molecular weight excluding hydrogens is 330 g/mol. The molecule has 2 heterocycles. The lowest BCUT2D eigenvalue weighted by atomic mass is 10.1. The fourth-order valence-electron chi connectivity index (χ4n) is 3.53. The molecule has 26 heavy (non-hydrogen) atoms. The van der Waals surface area contributed by atoms with Crippen molar-refractivity contribution < 1.29 is 9.53 Å². The molecule has 0 aliphatic carbocycles. The summed E-state index contributed by atoms with van der Waals surface area (Å²) >= 11 is 0. The number of ether oxygens (including phenoxy) is 1. The van der Waals surface area contributed by atoms with Crippen molar-refractivity contribution in [2.24, 2.45) is 0 Å². The zero-order valence-electron chi connectivity index (χ0n) is 16.0. The number of carbonyl (C=O) groups is 1. The van der Waals surface area contributed by atoms with Crippen LogP contribution in [0.2, 0.25) is 0 Å². The minimum absolute atomic E-state index is 0.123. The van der Waals surface area contributed by atoms with E-state index in [-0.39, 0.29) is 11.9 Å². The van der Waals surface area contributed by atoms with Gasteiger partial charge in [0.2, 0.25) is 5.91 Å². The molecule has 0 radical (unpaired) electrons. The average Bonchev–Trinajstić information content (AvgIpc) is 2.99. The van der Waals surface area contributed by atoms with Gasteiger partial charge in [0.25, 0.3) is 0 Å². The van der Waals surface area contributed by atoms with Crippen molar-refractivity contribution in [1.29, 1.82) is 0 Å². The number of carbonyl (C=O) groups excluding carboxylic acids is 1. The Balaban J connectivity index is 1.73. The molecular formula is C19H27N5O2. The first-order valence-electron chi connectivity index (χ1n) is 8.94. The Labute approximate surface area is 154 Å². The van der Waals surface area contributed by atoms with Gasteiger partial charge >= 0.3 is 0 Å². The van der Waals surface area contributed by atoms with Gasteiger partial charge in [-0.25, -0.2) is 0 Å². The number of aryl methyl sites for hydroxylation is 2. The number of rotatable bonds is 6. The van der Waals surface area contributed by atoms with Crippen LogP contribution in [0.1, 0.15) is 23.6 Å². The van der Waals surface area contributed by atoms with E-state index in [1.807, 2.05) is 50.2 Å². The van der Waals surface area contributed by atoms with E-state index in [0.29, 0.717) is 19.4 Å². The smallest absolute Gasteiger partial charge is 0.223 e. The van der Waals surface area contributed by atoms with Crippen molar-refractivity contribution >= 4 is 5.91 Å². The SMILES string of the molecule is COc1ccccc1CCC(=O)N1Cc2nnc(C)n2CC1CN(C)C. The number of para-hydroxylation sites is 1. The number of methoxy groups -OCH3 is 1. The number of benzene rings is 1. The molecule has 1 unspecified atom stereocenters. The topological polar surface area (TPSA) is 63.5 Å². The molecule has 0 spiro atoms. The number of likely N-dealkylation sites (N-methyl/N-ethyl adjacent to an activating group) is 1. The van der Waals surface area contributed by atoms with E-state index >= 15 is 0 Å². The molecule has 0 saturated heterocycles. The Bertz CT molecular complexity index is 771. The molecule has 0 fully saturated rings. The van der Waals surface area contributed by atoms with Crippen LogP contribution in [0.15, 0.2) is 24.3 Å². The molecule has 7 nitrogen and oxygen atoms in total. The van der Waals surface area contributed by atoms with Gasteiger partial charge < -0.3 is 19.1 Å². The molecule has 7 heteroatoms. The zero-order chi connectivity index (χ0) is 18.7. The minimum atomic E-state index is 0.123. The number of hydrogen-bond acceptors (Lipinski definition) is 5. The highest BCUT2D eigenvalue weighted by Gasteiger charge is 2.31. The second-order valence-corrected chi connectivity index (χ2v) is 7.02. The van der Waals surface area contributed by atoms with Gasteiger partial charge in [-0.1, -0.05) is 18.2 Å². The van der Waals surface area contributed by atoms with Crippen molar-refractivity contribution in [3.8, 4) is 5.75 Å². The van der Waals surface area contributed by atoms with Crippen LogP contribution in [0.25, 0.3) is 0 Å². The molecule has 1 aromatic carbocycles. The Morgan fingerprint density at radius 3 is 2.81 bits per heavy atom. The van der Waals surface area contributed by atoms with Gasteiger partial charge in [-0.2, -0.15) is 0 Å². The van der Waals surface area contributed by atoms with E-state index in [9.17, 15) is 4.79 Å². The molecule has 0 bridgehead atoms. The maximum Gasteiger partial charge on any atom is 0.223 e. The molecule has 1 aliphatic heterocycles. The first-order valence-corrected chi connectivity index (χ1v) is 8.94. The van der Waals surface area contributed by atoms with E-state index in [0.717, 1.165) is 36.1 Å². The molecule has 0 saturated carbocycles. The van der Waals surface area contributed by atoms with Gasteiger partial charge in [0.05, 0.1) is 19.7 Å². The molecule has 1 aliphatic rings. The third-order valence-corrected chi connectivity index (χ3v) is 4.86. The number of hydrogen-bond donors (Lipinski definition) is 0. The lowest BCUT2D eigenvalue weighted by Gasteiger charge is -2.37. The predicted molar refractivity (Wildman–Crippen MR) is 99.0 cm³/mol. The fourth-order valence-corrected chi connectivity index (χ4v) is 3.53. The molecule has 1 aromatic heterocycles. The Morgan fingerprint density at radius 2 is 2.08 bits per heavy atom. The number of fused-ring (bicyclic) bond motifs is 1. The quantitative estimate of drug-likeness (QED) is 0.784. The van der Waals surface area contributed by atoms with E-state index in [4.69, 9.17) is 4.74 Å². The summed E-state index contributed by atoms with van der Waals surface area (Å²) in [6, 6.07) is 7.98. The first-order chi connectivity index (χ1) is 12.5. The van der Waals surface area contributed by atoms with Gasteiger partial charge in [0.1, 0.15) is 11.6 Å². The highest BCUT2D eigenvalue weighted by Crippen LogP contribution is 2.22. The number of nitrogens with zero attached hydrogens (tertiary/aromatic N) is 5. The van der Waals surface area contributed by atoms with Crippen molar-refractivity contribution in [2.45, 2.75) is 38.9 Å². The van der Waals surface area contributed by atoms with Gasteiger partial charge in [-0.15, -0.1) is 10.2 Å². The summed E-state index contributed by atoms with van der Waals surface area (Å²) in [6.07, 6.45) is 1.12. The second-order valence-electron chi connectivity index (χ2n) is 7.02. The summed E-state index contributed by atoms with van der Waals surface area (Å²) in [5, 5.41) is 8.40. The molecule has 1 amide bonds. The summed E-state index contributed by atoms with van der Waals surface area (Å²) in [5.41, 5.74) is 1.06. The van der Waals surface area contributed by atoms with Crippen LogP contribution < -0.4 is 4.74 Å². The number of amides is 1. The maximum absolute atomic E-state index is 13.0.